The summed E-state index contributed by atoms with van der Waals surface area (Å²) in [6.07, 6.45) is 3.77. The van der Waals surface area contributed by atoms with Gasteiger partial charge in [0.1, 0.15) is 17.8 Å². The minimum Gasteiger partial charge on any atom is -0.346 e. The quantitative estimate of drug-likeness (QED) is 0.776. The maximum Gasteiger partial charge on any atom is 0.228 e. The molecule has 3 heterocycles. The van der Waals surface area contributed by atoms with Crippen LogP contribution >= 0.6 is 0 Å². The van der Waals surface area contributed by atoms with Crippen molar-refractivity contribution >= 4 is 22.8 Å². The van der Waals surface area contributed by atoms with Crippen LogP contribution in [0.15, 0.2) is 18.6 Å². The molecule has 1 unspecified atom stereocenters. The van der Waals surface area contributed by atoms with Gasteiger partial charge >= 0.3 is 0 Å². The number of carbonyl (C=O) groups excluding carboxylic acids is 1. The molecule has 3 rings (SSSR count). The minimum absolute atomic E-state index is 0.0849. The van der Waals surface area contributed by atoms with Gasteiger partial charge < -0.3 is 10.7 Å². The normalized spacial score (nSPS) is 20.4. The number of nitrogens with two attached hydrogens (primary N) is 1. The lowest BCUT2D eigenvalue weighted by Crippen LogP contribution is -2.26. The number of nitrogens with one attached hydrogen (secondary N) is 1. The van der Waals surface area contributed by atoms with Crippen molar-refractivity contribution in [2.45, 2.75) is 6.42 Å². The van der Waals surface area contributed by atoms with E-state index in [9.17, 15) is 4.79 Å². The van der Waals surface area contributed by atoms with Gasteiger partial charge in [-0.05, 0) is 18.5 Å². The summed E-state index contributed by atoms with van der Waals surface area (Å²) in [5.74, 6) is 0.991. The Morgan fingerprint density at radius 1 is 1.53 bits per heavy atom. The van der Waals surface area contributed by atoms with Gasteiger partial charge in [0.05, 0.1) is 5.39 Å². The third-order valence-corrected chi connectivity index (χ3v) is 3.13. The van der Waals surface area contributed by atoms with Gasteiger partial charge in [-0.1, -0.05) is 0 Å². The van der Waals surface area contributed by atoms with Crippen LogP contribution in [0.5, 0.6) is 0 Å². The zero-order chi connectivity index (χ0) is 11.8. The molecule has 1 atom stereocenters. The number of rotatable bonds is 2. The van der Waals surface area contributed by atoms with Crippen LogP contribution in [-0.2, 0) is 4.79 Å². The third-order valence-electron chi connectivity index (χ3n) is 3.13. The molecule has 0 aliphatic carbocycles. The Kier molecular flexibility index (Phi) is 2.29. The lowest BCUT2D eigenvalue weighted by molar-refractivity contribution is -0.117. The summed E-state index contributed by atoms with van der Waals surface area (Å²) in [6, 6.07) is 1.88. The first-order chi connectivity index (χ1) is 8.29. The standard InChI is InChI=1S/C11H13N5O/c12-4-7-3-9(17)16(5-7)11-8-1-2-13-10(8)14-6-15-11/h1-2,6-7H,3-5,12H2,(H,13,14,15). The molecule has 1 fully saturated rings. The SMILES string of the molecule is NCC1CC(=O)N(c2ncnc3[nH]ccc23)C1. The number of aromatic amines is 1. The van der Waals surface area contributed by atoms with E-state index in [0.29, 0.717) is 25.3 Å². The number of amides is 1. The molecular formula is C11H13N5O. The Morgan fingerprint density at radius 3 is 3.18 bits per heavy atom. The molecule has 2 aromatic rings. The molecule has 0 saturated carbocycles. The lowest BCUT2D eigenvalue weighted by atomic mass is 10.1. The fourth-order valence-electron chi connectivity index (χ4n) is 2.22. The van der Waals surface area contributed by atoms with Crippen LogP contribution in [0.1, 0.15) is 6.42 Å². The smallest absolute Gasteiger partial charge is 0.228 e. The molecule has 1 saturated heterocycles. The van der Waals surface area contributed by atoms with Crippen molar-refractivity contribution in [2.75, 3.05) is 18.0 Å². The third kappa shape index (κ3) is 1.57. The number of fused-ring (bicyclic) bond motifs is 1. The number of anilines is 1. The number of nitrogens with zero attached hydrogens (tertiary/aromatic N) is 3. The van der Waals surface area contributed by atoms with Gasteiger partial charge in [-0.2, -0.15) is 0 Å². The summed E-state index contributed by atoms with van der Waals surface area (Å²) in [4.78, 5) is 24.9. The summed E-state index contributed by atoms with van der Waals surface area (Å²) in [6.45, 7) is 1.18. The molecule has 0 radical (unpaired) electrons. The number of hydrogen-bond donors (Lipinski definition) is 2. The maximum absolute atomic E-state index is 11.9. The monoisotopic (exact) mass is 231 g/mol. The number of hydrogen-bond acceptors (Lipinski definition) is 4. The first-order valence-corrected chi connectivity index (χ1v) is 5.58. The Labute approximate surface area is 97.8 Å². The van der Waals surface area contributed by atoms with Crippen molar-refractivity contribution in [3.63, 3.8) is 0 Å². The number of H-pyrrole nitrogens is 1. The number of aromatic nitrogens is 3. The molecule has 1 amide bonds. The molecule has 3 N–H and O–H groups in total. The van der Waals surface area contributed by atoms with Crippen molar-refractivity contribution in [3.8, 4) is 0 Å². The van der Waals surface area contributed by atoms with Gasteiger partial charge in [-0.15, -0.1) is 0 Å². The lowest BCUT2D eigenvalue weighted by Gasteiger charge is -2.15. The molecule has 17 heavy (non-hydrogen) atoms. The van der Waals surface area contributed by atoms with E-state index in [1.807, 2.05) is 6.07 Å². The Bertz CT molecular complexity index is 564. The molecule has 0 bridgehead atoms. The zero-order valence-electron chi connectivity index (χ0n) is 9.26. The van der Waals surface area contributed by atoms with Gasteiger partial charge in [0.25, 0.3) is 0 Å². The fraction of sp³-hybridized carbons (Fsp3) is 0.364. The van der Waals surface area contributed by atoms with Crippen molar-refractivity contribution < 1.29 is 4.79 Å². The van der Waals surface area contributed by atoms with E-state index < -0.39 is 0 Å². The van der Waals surface area contributed by atoms with E-state index >= 15 is 0 Å². The molecule has 88 valence electrons. The van der Waals surface area contributed by atoms with Gasteiger partial charge in [0.15, 0.2) is 0 Å². The average Bonchev–Trinajstić information content (AvgIpc) is 2.94. The molecule has 0 spiro atoms. The summed E-state index contributed by atoms with van der Waals surface area (Å²) in [5, 5.41) is 0.874. The van der Waals surface area contributed by atoms with Crippen LogP contribution in [0.2, 0.25) is 0 Å². The van der Waals surface area contributed by atoms with E-state index in [0.717, 1.165) is 11.0 Å². The van der Waals surface area contributed by atoms with Gasteiger partial charge in [-0.25, -0.2) is 9.97 Å². The highest BCUT2D eigenvalue weighted by Crippen LogP contribution is 2.27. The van der Waals surface area contributed by atoms with Crippen molar-refractivity contribution in [2.24, 2.45) is 11.7 Å². The van der Waals surface area contributed by atoms with Crippen LogP contribution < -0.4 is 10.6 Å². The van der Waals surface area contributed by atoms with Crippen LogP contribution in [0.25, 0.3) is 11.0 Å². The van der Waals surface area contributed by atoms with Crippen LogP contribution in [0.4, 0.5) is 5.82 Å². The molecule has 6 nitrogen and oxygen atoms in total. The van der Waals surface area contributed by atoms with Crippen LogP contribution in [0, 0.1) is 5.92 Å². The van der Waals surface area contributed by atoms with E-state index in [-0.39, 0.29) is 11.8 Å². The molecule has 6 heteroatoms. The second-order valence-electron chi connectivity index (χ2n) is 4.25. The number of carbonyl (C=O) groups is 1. The van der Waals surface area contributed by atoms with Crippen molar-refractivity contribution in [1.29, 1.82) is 0 Å². The highest BCUT2D eigenvalue weighted by molar-refractivity contribution is 6.01. The summed E-state index contributed by atoms with van der Waals surface area (Å²) in [5.41, 5.74) is 6.36. The zero-order valence-corrected chi connectivity index (χ0v) is 9.26. The van der Waals surface area contributed by atoms with E-state index in [2.05, 4.69) is 15.0 Å². The van der Waals surface area contributed by atoms with E-state index in [1.165, 1.54) is 6.33 Å². The Morgan fingerprint density at radius 2 is 2.41 bits per heavy atom. The topological polar surface area (TPSA) is 87.9 Å². The van der Waals surface area contributed by atoms with E-state index in [1.54, 1.807) is 11.1 Å². The molecule has 0 aromatic carbocycles. The summed E-state index contributed by atoms with van der Waals surface area (Å²) >= 11 is 0. The van der Waals surface area contributed by atoms with Crippen molar-refractivity contribution in [3.05, 3.63) is 18.6 Å². The molecule has 2 aromatic heterocycles. The highest BCUT2D eigenvalue weighted by Gasteiger charge is 2.31. The first kappa shape index (κ1) is 10.2. The minimum atomic E-state index is 0.0849. The van der Waals surface area contributed by atoms with Gasteiger partial charge in [-0.3, -0.25) is 9.69 Å². The average molecular weight is 231 g/mol. The predicted octanol–water partition coefficient (Wildman–Crippen LogP) is 0.269. The fourth-order valence-corrected chi connectivity index (χ4v) is 2.22. The summed E-state index contributed by atoms with van der Waals surface area (Å²) < 4.78 is 0. The predicted molar refractivity (Wildman–Crippen MR) is 63.4 cm³/mol. The molecule has 1 aliphatic heterocycles. The van der Waals surface area contributed by atoms with Gasteiger partial charge in [0.2, 0.25) is 5.91 Å². The molecule has 1 aliphatic rings. The second-order valence-corrected chi connectivity index (χ2v) is 4.25. The second kappa shape index (κ2) is 3.81. The van der Waals surface area contributed by atoms with Crippen LogP contribution in [0.3, 0.4) is 0 Å². The van der Waals surface area contributed by atoms with Crippen molar-refractivity contribution in [1.82, 2.24) is 15.0 Å². The Balaban J connectivity index is 2.04. The maximum atomic E-state index is 11.9. The van der Waals surface area contributed by atoms with Gasteiger partial charge in [0, 0.05) is 19.2 Å². The van der Waals surface area contributed by atoms with Crippen LogP contribution in [-0.4, -0.2) is 33.9 Å². The summed E-state index contributed by atoms with van der Waals surface area (Å²) in [7, 11) is 0. The largest absolute Gasteiger partial charge is 0.346 e. The Hall–Kier alpha value is -1.95. The molecular weight excluding hydrogens is 218 g/mol. The highest BCUT2D eigenvalue weighted by atomic mass is 16.2. The van der Waals surface area contributed by atoms with E-state index in [4.69, 9.17) is 5.73 Å². The first-order valence-electron chi connectivity index (χ1n) is 5.58.